The molecule has 0 bridgehead atoms. The number of nitrogens with one attached hydrogen (secondary N) is 2. The van der Waals surface area contributed by atoms with Crippen LogP contribution in [0.1, 0.15) is 62.1 Å². The minimum absolute atomic E-state index is 0.00495. The molecule has 0 aromatic heterocycles. The summed E-state index contributed by atoms with van der Waals surface area (Å²) in [6.45, 7) is 3.72. The maximum atomic E-state index is 16.4. The van der Waals surface area contributed by atoms with Gasteiger partial charge < -0.3 is 30.3 Å². The summed E-state index contributed by atoms with van der Waals surface area (Å²) in [6, 6.07) is 11.0. The predicted molar refractivity (Wildman–Crippen MR) is 161 cm³/mol. The van der Waals surface area contributed by atoms with Crippen molar-refractivity contribution in [2.75, 3.05) is 26.8 Å². The van der Waals surface area contributed by atoms with Crippen LogP contribution in [0.5, 0.6) is 5.75 Å². The van der Waals surface area contributed by atoms with Gasteiger partial charge in [0, 0.05) is 53.9 Å². The summed E-state index contributed by atoms with van der Waals surface area (Å²) in [6.07, 6.45) is 2.80. The van der Waals surface area contributed by atoms with E-state index in [1.807, 2.05) is 44.2 Å². The number of rotatable bonds is 9. The second-order valence-electron chi connectivity index (χ2n) is 11.9. The molecule has 7 nitrogen and oxygen atoms in total. The molecule has 1 heterocycles. The quantitative estimate of drug-likeness (QED) is 0.319. The van der Waals surface area contributed by atoms with Gasteiger partial charge in [-0.25, -0.2) is 8.78 Å². The van der Waals surface area contributed by atoms with Gasteiger partial charge in [-0.2, -0.15) is 0 Å². The second-order valence-corrected chi connectivity index (χ2v) is 12.3. The van der Waals surface area contributed by atoms with Crippen molar-refractivity contribution in [2.24, 2.45) is 0 Å². The molecule has 3 aliphatic rings. The summed E-state index contributed by atoms with van der Waals surface area (Å²) in [7, 11) is 1.43. The fourth-order valence-electron chi connectivity index (χ4n) is 6.60. The van der Waals surface area contributed by atoms with E-state index < -0.39 is 41.1 Å². The Morgan fingerprint density at radius 1 is 1.23 bits per heavy atom. The first-order chi connectivity index (χ1) is 20.5. The van der Waals surface area contributed by atoms with Crippen LogP contribution in [-0.2, 0) is 15.1 Å². The van der Waals surface area contributed by atoms with E-state index in [9.17, 15) is 15.0 Å². The zero-order chi connectivity index (χ0) is 30.9. The normalized spacial score (nSPS) is 30.2. The summed E-state index contributed by atoms with van der Waals surface area (Å²) in [5, 5.41) is 25.6. The first-order valence-corrected chi connectivity index (χ1v) is 15.1. The molecule has 0 saturated heterocycles. The van der Waals surface area contributed by atoms with Crippen molar-refractivity contribution < 1.29 is 33.3 Å². The number of likely N-dealkylation sites (N-methyl/N-ethyl adjacent to an activating group) is 1. The van der Waals surface area contributed by atoms with Crippen molar-refractivity contribution in [3.63, 3.8) is 0 Å². The largest absolute Gasteiger partial charge is 0.480 e. The lowest BCUT2D eigenvalue weighted by Crippen LogP contribution is -2.49. The summed E-state index contributed by atoms with van der Waals surface area (Å²) in [4.78, 5) is 13.0. The molecule has 1 amide bonds. The third-order valence-corrected chi connectivity index (χ3v) is 9.44. The highest BCUT2D eigenvalue weighted by Gasteiger charge is 2.51. The van der Waals surface area contributed by atoms with Crippen LogP contribution in [0, 0.1) is 5.82 Å². The molecular weight excluding hydrogens is 578 g/mol. The Bertz CT molecular complexity index is 1410. The minimum Gasteiger partial charge on any atom is -0.480 e. The lowest BCUT2D eigenvalue weighted by molar-refractivity contribution is -0.116. The van der Waals surface area contributed by atoms with Gasteiger partial charge in [0.05, 0.1) is 23.8 Å². The van der Waals surface area contributed by atoms with Crippen molar-refractivity contribution in [3.8, 4) is 5.75 Å². The van der Waals surface area contributed by atoms with Gasteiger partial charge in [-0.05, 0) is 38.2 Å². The second kappa shape index (κ2) is 12.7. The third kappa shape index (κ3) is 5.98. The van der Waals surface area contributed by atoms with E-state index in [4.69, 9.17) is 21.1 Å². The standard InChI is InChI=1S/C33H39ClF2N2O5/c1-19-26-25(43-33(19,20-7-5-4-6-8-20)18-38-21-11-13-32(2,41)14-12-21)17-23(35)29(34)28(26)27-22(31(40)37-3)9-10-24(30(27)36)42-16-15-39/h4-10,17,19,21,24,30,38-39,41H,11-16,18H2,1-3H3,(H,37,40)/t19-,21?,24?,30?,32?,33-/m0/s1. The maximum absolute atomic E-state index is 16.4. The fraction of sp³-hybridized carbons (Fsp3) is 0.485. The van der Waals surface area contributed by atoms with E-state index in [1.54, 1.807) is 0 Å². The number of aliphatic hydroxyl groups is 2. The highest BCUT2D eigenvalue weighted by Crippen LogP contribution is 2.55. The van der Waals surface area contributed by atoms with Crippen LogP contribution in [0.4, 0.5) is 8.78 Å². The van der Waals surface area contributed by atoms with Crippen LogP contribution in [0.2, 0.25) is 5.02 Å². The van der Waals surface area contributed by atoms with Crippen LogP contribution in [0.15, 0.2) is 54.1 Å². The smallest absolute Gasteiger partial charge is 0.251 e. The highest BCUT2D eigenvalue weighted by molar-refractivity contribution is 6.33. The number of benzene rings is 2. The number of carbonyl (C=O) groups is 1. The average Bonchev–Trinajstić information content (AvgIpc) is 3.28. The first kappa shape index (κ1) is 31.6. The topological polar surface area (TPSA) is 100 Å². The van der Waals surface area contributed by atoms with Crippen LogP contribution < -0.4 is 15.4 Å². The number of ether oxygens (including phenoxy) is 2. The van der Waals surface area contributed by atoms with E-state index in [0.29, 0.717) is 24.9 Å². The Morgan fingerprint density at radius 2 is 1.93 bits per heavy atom. The number of aliphatic hydroxyl groups excluding tert-OH is 1. The molecule has 1 saturated carbocycles. The Hall–Kier alpha value is -2.82. The maximum Gasteiger partial charge on any atom is 0.251 e. The number of hydrogen-bond donors (Lipinski definition) is 4. The molecule has 5 rings (SSSR count). The molecular formula is C33H39ClF2N2O5. The van der Waals surface area contributed by atoms with Crippen LogP contribution >= 0.6 is 11.6 Å². The van der Waals surface area contributed by atoms with E-state index in [2.05, 4.69) is 10.6 Å². The van der Waals surface area contributed by atoms with E-state index >= 15 is 8.78 Å². The van der Waals surface area contributed by atoms with Gasteiger partial charge in [0.25, 0.3) is 5.91 Å². The minimum atomic E-state index is -1.88. The van der Waals surface area contributed by atoms with E-state index in [0.717, 1.165) is 18.4 Å². The van der Waals surface area contributed by atoms with Crippen molar-refractivity contribution in [1.29, 1.82) is 0 Å². The SMILES string of the molecule is CNC(=O)C1=C(c2c(Cl)c(F)cc3c2[C@H](C)[C@@](CNC2CCC(C)(O)CC2)(c2ccccc2)O3)C(F)C(OCCO)C=C1. The molecule has 232 valence electrons. The molecule has 4 N–H and O–H groups in total. The number of fused-ring (bicyclic) bond motifs is 1. The first-order valence-electron chi connectivity index (χ1n) is 14.8. The Morgan fingerprint density at radius 3 is 2.58 bits per heavy atom. The highest BCUT2D eigenvalue weighted by atomic mass is 35.5. The van der Waals surface area contributed by atoms with Crippen LogP contribution in [0.3, 0.4) is 0 Å². The van der Waals surface area contributed by atoms with Gasteiger partial charge in [-0.1, -0.05) is 61.0 Å². The Kier molecular flexibility index (Phi) is 9.30. The fourth-order valence-corrected chi connectivity index (χ4v) is 6.86. The zero-order valence-electron chi connectivity index (χ0n) is 24.6. The Balaban J connectivity index is 1.62. The number of amides is 1. The molecule has 2 aromatic carbocycles. The molecule has 4 atom stereocenters. The van der Waals surface area contributed by atoms with Crippen molar-refractivity contribution in [3.05, 3.63) is 81.7 Å². The van der Waals surface area contributed by atoms with Crippen LogP contribution in [0.25, 0.3) is 5.57 Å². The van der Waals surface area contributed by atoms with Gasteiger partial charge in [0.2, 0.25) is 0 Å². The lowest BCUT2D eigenvalue weighted by atomic mass is 9.75. The third-order valence-electron chi connectivity index (χ3n) is 9.07. The molecule has 43 heavy (non-hydrogen) atoms. The van der Waals surface area contributed by atoms with Gasteiger partial charge in [0.15, 0.2) is 11.8 Å². The lowest BCUT2D eigenvalue weighted by Gasteiger charge is -2.38. The van der Waals surface area contributed by atoms with Gasteiger partial charge in [-0.3, -0.25) is 4.79 Å². The summed E-state index contributed by atoms with van der Waals surface area (Å²) < 4.78 is 44.2. The molecule has 1 fully saturated rings. The number of alkyl halides is 1. The van der Waals surface area contributed by atoms with Gasteiger partial charge >= 0.3 is 0 Å². The Labute approximate surface area is 255 Å². The monoisotopic (exact) mass is 616 g/mol. The number of carbonyl (C=O) groups excluding carboxylic acids is 1. The predicted octanol–water partition coefficient (Wildman–Crippen LogP) is 4.94. The number of halogens is 3. The van der Waals surface area contributed by atoms with Crippen molar-refractivity contribution >= 4 is 23.1 Å². The molecule has 2 unspecified atom stereocenters. The molecule has 1 aliphatic heterocycles. The zero-order valence-corrected chi connectivity index (χ0v) is 25.4. The van der Waals surface area contributed by atoms with E-state index in [-0.39, 0.29) is 46.7 Å². The van der Waals surface area contributed by atoms with Gasteiger partial charge in [0.1, 0.15) is 17.7 Å². The van der Waals surface area contributed by atoms with Crippen LogP contribution in [-0.4, -0.2) is 66.8 Å². The van der Waals surface area contributed by atoms with Gasteiger partial charge in [-0.15, -0.1) is 0 Å². The summed E-state index contributed by atoms with van der Waals surface area (Å²) in [5.41, 5.74) is -0.355. The van der Waals surface area contributed by atoms with E-state index in [1.165, 1.54) is 25.3 Å². The number of hydrogen-bond acceptors (Lipinski definition) is 6. The average molecular weight is 617 g/mol. The summed E-state index contributed by atoms with van der Waals surface area (Å²) >= 11 is 6.66. The molecule has 2 aliphatic carbocycles. The molecule has 2 aromatic rings. The van der Waals surface area contributed by atoms with Crippen molar-refractivity contribution in [2.45, 2.75) is 75.0 Å². The molecule has 0 radical (unpaired) electrons. The summed E-state index contributed by atoms with van der Waals surface area (Å²) in [5.74, 6) is -1.59. The van der Waals surface area contributed by atoms with Crippen molar-refractivity contribution in [1.82, 2.24) is 10.6 Å². The molecule has 10 heteroatoms. The molecule has 0 spiro atoms.